The first-order valence-corrected chi connectivity index (χ1v) is 11.1. The van der Waals surface area contributed by atoms with Crippen LogP contribution in [0.5, 0.6) is 17.2 Å². The second-order valence-corrected chi connectivity index (χ2v) is 7.81. The number of hydrogen-bond donors (Lipinski definition) is 0. The molecule has 11 heteroatoms. The van der Waals surface area contributed by atoms with Crippen molar-refractivity contribution in [2.45, 2.75) is 0 Å². The van der Waals surface area contributed by atoms with Crippen LogP contribution in [0.4, 0.5) is 4.39 Å². The number of carboxylic acids is 2. The maximum atomic E-state index is 13.2. The van der Waals surface area contributed by atoms with E-state index in [1.54, 1.807) is 24.3 Å². The number of carbonyl (C=O) groups is 3. The molecule has 0 amide bonds. The number of nitrogens with zero attached hydrogens (tertiary/aromatic N) is 1. The summed E-state index contributed by atoms with van der Waals surface area (Å²) in [6, 6.07) is 7.55. The van der Waals surface area contributed by atoms with E-state index >= 15 is 0 Å². The number of rotatable bonds is 11. The zero-order valence-electron chi connectivity index (χ0n) is 21.2. The number of fused-ring (bicyclic) bond motifs is 1. The Bertz CT molecular complexity index is 1310. The van der Waals surface area contributed by atoms with Crippen molar-refractivity contribution < 1.29 is 47.6 Å². The van der Waals surface area contributed by atoms with E-state index in [4.69, 9.17) is 18.6 Å². The van der Waals surface area contributed by atoms with Gasteiger partial charge in [0.25, 0.3) is 0 Å². The van der Waals surface area contributed by atoms with E-state index in [1.165, 1.54) is 38.7 Å². The van der Waals surface area contributed by atoms with Gasteiger partial charge in [0.1, 0.15) is 23.7 Å². The van der Waals surface area contributed by atoms with Gasteiger partial charge in [0.2, 0.25) is 5.75 Å². The summed E-state index contributed by atoms with van der Waals surface area (Å²) < 4.78 is 35.8. The van der Waals surface area contributed by atoms with Gasteiger partial charge in [-0.05, 0) is 56.1 Å². The fourth-order valence-corrected chi connectivity index (χ4v) is 3.17. The predicted octanol–water partition coefficient (Wildman–Crippen LogP) is 1.47. The van der Waals surface area contributed by atoms with Crippen molar-refractivity contribution >= 4 is 34.8 Å². The SMILES string of the molecule is COc1c(C(=O)C=Cc2ccc(F)cc2)c(OCCN(C)C)c(OC)c2occc12.O=C([O-])C=CC(=O)[O-]. The van der Waals surface area contributed by atoms with Gasteiger partial charge in [0.15, 0.2) is 17.1 Å². The lowest BCUT2D eigenvalue weighted by Gasteiger charge is -2.18. The smallest absolute Gasteiger partial charge is 0.205 e. The molecule has 0 aliphatic carbocycles. The van der Waals surface area contributed by atoms with E-state index in [1.807, 2.05) is 19.0 Å². The molecule has 0 bridgehead atoms. The molecule has 2 aromatic carbocycles. The van der Waals surface area contributed by atoms with Crippen LogP contribution in [0.25, 0.3) is 17.0 Å². The first kappa shape index (κ1) is 29.6. The number of halogens is 1. The second-order valence-electron chi connectivity index (χ2n) is 7.81. The summed E-state index contributed by atoms with van der Waals surface area (Å²) in [6.45, 7) is 0.974. The van der Waals surface area contributed by atoms with Crippen LogP contribution in [-0.2, 0) is 9.59 Å². The van der Waals surface area contributed by atoms with E-state index in [0.29, 0.717) is 53.3 Å². The molecule has 0 aliphatic rings. The Balaban J connectivity index is 0.000000550. The van der Waals surface area contributed by atoms with Crippen molar-refractivity contribution in [3.8, 4) is 17.2 Å². The quantitative estimate of drug-likeness (QED) is 0.266. The van der Waals surface area contributed by atoms with Crippen molar-refractivity contribution in [2.24, 2.45) is 0 Å². The van der Waals surface area contributed by atoms with Crippen LogP contribution in [0.3, 0.4) is 0 Å². The molecule has 0 radical (unpaired) electrons. The largest absolute Gasteiger partial charge is 0.545 e. The third-order valence-corrected chi connectivity index (χ3v) is 4.87. The summed E-state index contributed by atoms with van der Waals surface area (Å²) in [5, 5.41) is 19.4. The Hall–Kier alpha value is -4.64. The van der Waals surface area contributed by atoms with Crippen LogP contribution in [-0.4, -0.2) is 64.1 Å². The Morgan fingerprint density at radius 2 is 1.53 bits per heavy atom. The van der Waals surface area contributed by atoms with Crippen LogP contribution < -0.4 is 24.4 Å². The molecule has 1 aromatic heterocycles. The summed E-state index contributed by atoms with van der Waals surface area (Å²) in [5.74, 6) is -2.85. The highest BCUT2D eigenvalue weighted by atomic mass is 19.1. The molecule has 0 aliphatic heterocycles. The van der Waals surface area contributed by atoms with Crippen LogP contribution in [0.2, 0.25) is 0 Å². The van der Waals surface area contributed by atoms with E-state index in [9.17, 15) is 29.0 Å². The van der Waals surface area contributed by atoms with Gasteiger partial charge in [0, 0.05) is 6.54 Å². The lowest BCUT2D eigenvalue weighted by molar-refractivity contribution is -0.301. The minimum Gasteiger partial charge on any atom is -0.545 e. The molecule has 3 rings (SSSR count). The maximum absolute atomic E-state index is 13.2. The fraction of sp³-hybridized carbons (Fsp3) is 0.222. The summed E-state index contributed by atoms with van der Waals surface area (Å²) in [6.07, 6.45) is 5.28. The Morgan fingerprint density at radius 3 is 2.05 bits per heavy atom. The molecule has 0 unspecified atom stereocenters. The van der Waals surface area contributed by atoms with Gasteiger partial charge in [-0.3, -0.25) is 4.79 Å². The molecule has 0 fully saturated rings. The minimum atomic E-state index is -1.55. The molecular weight excluding hydrogens is 501 g/mol. The number of furan rings is 1. The predicted molar refractivity (Wildman–Crippen MR) is 132 cm³/mol. The number of hydrogen-bond acceptors (Lipinski definition) is 10. The van der Waals surface area contributed by atoms with E-state index in [-0.39, 0.29) is 22.9 Å². The molecule has 0 saturated heterocycles. The number of ketones is 1. The molecule has 3 aromatic rings. The van der Waals surface area contributed by atoms with Gasteiger partial charge < -0.3 is 43.3 Å². The third-order valence-electron chi connectivity index (χ3n) is 4.87. The maximum Gasteiger partial charge on any atom is 0.205 e. The molecule has 0 spiro atoms. The summed E-state index contributed by atoms with van der Waals surface area (Å²) >= 11 is 0. The number of ether oxygens (including phenoxy) is 3. The number of benzene rings is 2. The molecule has 0 N–H and O–H groups in total. The lowest BCUT2D eigenvalue weighted by Crippen LogP contribution is -2.23. The highest BCUT2D eigenvalue weighted by molar-refractivity contribution is 6.15. The second kappa shape index (κ2) is 14.2. The molecule has 10 nitrogen and oxygen atoms in total. The van der Waals surface area contributed by atoms with Crippen LogP contribution in [0.1, 0.15) is 15.9 Å². The molecule has 0 atom stereocenters. The highest BCUT2D eigenvalue weighted by Gasteiger charge is 2.28. The van der Waals surface area contributed by atoms with Crippen molar-refractivity contribution in [2.75, 3.05) is 41.5 Å². The third kappa shape index (κ3) is 8.20. The monoisotopic (exact) mass is 527 g/mol. The number of allylic oxidation sites excluding steroid dienone is 1. The van der Waals surface area contributed by atoms with Crippen molar-refractivity contribution in [1.82, 2.24) is 4.90 Å². The average Bonchev–Trinajstić information content (AvgIpc) is 3.35. The number of carboxylic acid groups (broad SMARTS) is 2. The van der Waals surface area contributed by atoms with Gasteiger partial charge in [-0.1, -0.05) is 18.2 Å². The number of methoxy groups -OCH3 is 2. The normalized spacial score (nSPS) is 11.0. The highest BCUT2D eigenvalue weighted by Crippen LogP contribution is 2.46. The van der Waals surface area contributed by atoms with Gasteiger partial charge >= 0.3 is 0 Å². The van der Waals surface area contributed by atoms with E-state index < -0.39 is 11.9 Å². The number of likely N-dealkylation sites (N-methyl/N-ethyl adjacent to an activating group) is 1. The standard InChI is InChI=1S/C23H24FNO5.C4H4O4/c1-25(2)12-14-30-22-19(18(26)10-7-15-5-8-16(24)9-6-15)20(27-3)17-11-13-29-21(17)23(22)28-4;5-3(6)1-2-4(7)8/h5-11,13H,12,14H2,1-4H3;1-2H,(H,5,6)(H,7,8)/p-2. The molecular formula is C27H26FNO9-2. The summed E-state index contributed by atoms with van der Waals surface area (Å²) in [7, 11) is 6.83. The van der Waals surface area contributed by atoms with Crippen LogP contribution >= 0.6 is 0 Å². The lowest BCUT2D eigenvalue weighted by atomic mass is 10.0. The Kier molecular flexibility index (Phi) is 11.0. The van der Waals surface area contributed by atoms with Gasteiger partial charge in [-0.15, -0.1) is 0 Å². The first-order chi connectivity index (χ1) is 18.1. The Morgan fingerprint density at radius 1 is 0.921 bits per heavy atom. The average molecular weight is 528 g/mol. The number of carbonyl (C=O) groups excluding carboxylic acids is 3. The zero-order valence-corrected chi connectivity index (χ0v) is 21.2. The first-order valence-electron chi connectivity index (χ1n) is 11.1. The van der Waals surface area contributed by atoms with E-state index in [2.05, 4.69) is 0 Å². The molecule has 0 saturated carbocycles. The van der Waals surface area contributed by atoms with Crippen molar-refractivity contribution in [1.29, 1.82) is 0 Å². The summed E-state index contributed by atoms with van der Waals surface area (Å²) in [4.78, 5) is 34.0. The molecule has 1 heterocycles. The van der Waals surface area contributed by atoms with E-state index in [0.717, 1.165) is 0 Å². The van der Waals surface area contributed by atoms with Crippen LogP contribution in [0, 0.1) is 5.82 Å². The minimum absolute atomic E-state index is 0.236. The summed E-state index contributed by atoms with van der Waals surface area (Å²) in [5.41, 5.74) is 1.36. The van der Waals surface area contributed by atoms with Crippen molar-refractivity contribution in [3.05, 3.63) is 71.8 Å². The zero-order chi connectivity index (χ0) is 28.2. The number of aliphatic carboxylic acids is 2. The molecule has 202 valence electrons. The fourth-order valence-electron chi connectivity index (χ4n) is 3.17. The van der Waals surface area contributed by atoms with Gasteiger partial charge in [-0.25, -0.2) is 4.39 Å². The van der Waals surface area contributed by atoms with Gasteiger partial charge in [0.05, 0.1) is 37.8 Å². The topological polar surface area (TPSA) is 141 Å². The van der Waals surface area contributed by atoms with Gasteiger partial charge in [-0.2, -0.15) is 0 Å². The Labute approximate surface area is 218 Å². The molecule has 38 heavy (non-hydrogen) atoms. The van der Waals surface area contributed by atoms with Crippen molar-refractivity contribution in [3.63, 3.8) is 0 Å². The van der Waals surface area contributed by atoms with Crippen LogP contribution in [0.15, 0.2) is 59.2 Å².